The van der Waals surface area contributed by atoms with Crippen LogP contribution in [0.5, 0.6) is 5.75 Å². The van der Waals surface area contributed by atoms with Crippen molar-refractivity contribution in [3.05, 3.63) is 89.4 Å². The van der Waals surface area contributed by atoms with Gasteiger partial charge in [0.25, 0.3) is 10.0 Å². The van der Waals surface area contributed by atoms with E-state index in [-0.39, 0.29) is 4.90 Å². The maximum absolute atomic E-state index is 13.1. The maximum atomic E-state index is 13.1. The molecule has 5 rings (SSSR count). The van der Waals surface area contributed by atoms with Crippen molar-refractivity contribution >= 4 is 49.6 Å². The van der Waals surface area contributed by atoms with E-state index in [0.29, 0.717) is 28.5 Å². The first-order valence-corrected chi connectivity index (χ1v) is 12.0. The van der Waals surface area contributed by atoms with E-state index in [2.05, 4.69) is 9.71 Å². The minimum absolute atomic E-state index is 0.110. The van der Waals surface area contributed by atoms with Gasteiger partial charge in [0, 0.05) is 11.1 Å². The topological polar surface area (TPSA) is 86.1 Å². The zero-order chi connectivity index (χ0) is 23.0. The number of sulfonamides is 1. The van der Waals surface area contributed by atoms with Crippen LogP contribution in [-0.2, 0) is 16.6 Å². The zero-order valence-corrected chi connectivity index (χ0v) is 19.1. The van der Waals surface area contributed by atoms with Crippen molar-refractivity contribution in [2.75, 3.05) is 11.8 Å². The smallest absolute Gasteiger partial charge is 0.263 e. The molecule has 0 radical (unpaired) electrons. The Morgan fingerprint density at radius 1 is 0.909 bits per heavy atom. The summed E-state index contributed by atoms with van der Waals surface area (Å²) >= 11 is 5.92. The summed E-state index contributed by atoms with van der Waals surface area (Å²) in [6, 6.07) is 22.8. The Labute approximate surface area is 195 Å². The molecule has 0 unspecified atom stereocenters. The van der Waals surface area contributed by atoms with E-state index in [9.17, 15) is 8.42 Å². The van der Waals surface area contributed by atoms with E-state index in [0.717, 1.165) is 22.3 Å². The highest BCUT2D eigenvalue weighted by molar-refractivity contribution is 7.92. The van der Waals surface area contributed by atoms with Crippen LogP contribution in [0.3, 0.4) is 0 Å². The Bertz CT molecular complexity index is 1560. The Morgan fingerprint density at radius 3 is 2.24 bits per heavy atom. The number of nitrogens with one attached hydrogen (secondary N) is 1. The average molecular weight is 479 g/mol. The molecule has 0 amide bonds. The Kier molecular flexibility index (Phi) is 5.39. The summed E-state index contributed by atoms with van der Waals surface area (Å²) in [5.74, 6) is 1.11. The molecular weight excluding hydrogens is 460 g/mol. The lowest BCUT2D eigenvalue weighted by atomic mass is 10.2. The van der Waals surface area contributed by atoms with E-state index in [1.807, 2.05) is 53.1 Å². The summed E-state index contributed by atoms with van der Waals surface area (Å²) < 4.78 is 35.9. The molecule has 0 spiro atoms. The SMILES string of the molecule is COc1ccc(Cn2c(NS(=O)(=O)c3ccc(Cl)cc3)cc3nc4ccccc4nc32)cc1. The molecule has 0 aliphatic rings. The summed E-state index contributed by atoms with van der Waals surface area (Å²) in [5, 5.41) is 0.461. The van der Waals surface area contributed by atoms with E-state index in [1.54, 1.807) is 25.3 Å². The molecular formula is C24H19ClN4O3S. The van der Waals surface area contributed by atoms with Crippen LogP contribution in [0.4, 0.5) is 5.82 Å². The predicted molar refractivity (Wildman–Crippen MR) is 129 cm³/mol. The van der Waals surface area contributed by atoms with Crippen molar-refractivity contribution in [1.29, 1.82) is 0 Å². The van der Waals surface area contributed by atoms with Crippen molar-refractivity contribution in [1.82, 2.24) is 14.5 Å². The van der Waals surface area contributed by atoms with Crippen LogP contribution in [0.2, 0.25) is 5.02 Å². The minimum Gasteiger partial charge on any atom is -0.497 e. The molecule has 0 saturated carbocycles. The van der Waals surface area contributed by atoms with Crippen molar-refractivity contribution in [3.63, 3.8) is 0 Å². The van der Waals surface area contributed by atoms with Gasteiger partial charge in [-0.3, -0.25) is 4.72 Å². The number of methoxy groups -OCH3 is 1. The maximum Gasteiger partial charge on any atom is 0.263 e. The number of anilines is 1. The van der Waals surface area contributed by atoms with Crippen molar-refractivity contribution in [2.45, 2.75) is 11.4 Å². The van der Waals surface area contributed by atoms with Gasteiger partial charge in [-0.2, -0.15) is 0 Å². The van der Waals surface area contributed by atoms with E-state index in [1.165, 1.54) is 12.1 Å². The van der Waals surface area contributed by atoms with Crippen LogP contribution < -0.4 is 9.46 Å². The molecule has 2 heterocycles. The average Bonchev–Trinajstić information content (AvgIpc) is 3.13. The highest BCUT2D eigenvalue weighted by Gasteiger charge is 2.20. The number of hydrogen-bond acceptors (Lipinski definition) is 5. The first kappa shape index (κ1) is 21.2. The highest BCUT2D eigenvalue weighted by atomic mass is 35.5. The van der Waals surface area contributed by atoms with Gasteiger partial charge in [-0.15, -0.1) is 0 Å². The van der Waals surface area contributed by atoms with Gasteiger partial charge in [0.2, 0.25) is 0 Å². The zero-order valence-electron chi connectivity index (χ0n) is 17.6. The molecule has 3 aromatic carbocycles. The number of ether oxygens (including phenoxy) is 1. The number of hydrogen-bond donors (Lipinski definition) is 1. The third-order valence-corrected chi connectivity index (χ3v) is 6.88. The number of fused-ring (bicyclic) bond motifs is 2. The highest BCUT2D eigenvalue weighted by Crippen LogP contribution is 2.27. The number of rotatable bonds is 6. The van der Waals surface area contributed by atoms with Crippen LogP contribution in [0.15, 0.2) is 83.8 Å². The molecule has 0 fully saturated rings. The van der Waals surface area contributed by atoms with E-state index in [4.69, 9.17) is 21.3 Å². The molecule has 7 nitrogen and oxygen atoms in total. The van der Waals surface area contributed by atoms with Crippen molar-refractivity contribution in [2.24, 2.45) is 0 Å². The second-order valence-corrected chi connectivity index (χ2v) is 9.56. The third-order valence-electron chi connectivity index (χ3n) is 5.26. The van der Waals surface area contributed by atoms with Crippen LogP contribution >= 0.6 is 11.6 Å². The molecule has 0 atom stereocenters. The van der Waals surface area contributed by atoms with Gasteiger partial charge in [0.05, 0.1) is 29.6 Å². The third kappa shape index (κ3) is 4.22. The Morgan fingerprint density at radius 2 is 1.58 bits per heavy atom. The summed E-state index contributed by atoms with van der Waals surface area (Å²) in [4.78, 5) is 9.56. The minimum atomic E-state index is -3.86. The fourth-order valence-corrected chi connectivity index (χ4v) is 4.77. The molecule has 5 aromatic rings. The predicted octanol–water partition coefficient (Wildman–Crippen LogP) is 5.10. The molecule has 0 saturated heterocycles. The quantitative estimate of drug-likeness (QED) is 0.367. The van der Waals surface area contributed by atoms with Crippen LogP contribution in [0.1, 0.15) is 5.56 Å². The molecule has 9 heteroatoms. The van der Waals surface area contributed by atoms with Crippen LogP contribution in [0, 0.1) is 0 Å². The fourth-order valence-electron chi connectivity index (χ4n) is 3.59. The molecule has 0 aliphatic heterocycles. The van der Waals surface area contributed by atoms with Gasteiger partial charge in [0.15, 0.2) is 5.65 Å². The molecule has 1 N–H and O–H groups in total. The van der Waals surface area contributed by atoms with Gasteiger partial charge in [-0.05, 0) is 54.1 Å². The van der Waals surface area contributed by atoms with Gasteiger partial charge < -0.3 is 9.30 Å². The Balaban J connectivity index is 1.63. The molecule has 0 bridgehead atoms. The van der Waals surface area contributed by atoms with Crippen molar-refractivity contribution < 1.29 is 13.2 Å². The second-order valence-electron chi connectivity index (χ2n) is 7.44. The second kappa shape index (κ2) is 8.38. The molecule has 2 aromatic heterocycles. The fraction of sp³-hybridized carbons (Fsp3) is 0.0833. The van der Waals surface area contributed by atoms with Crippen molar-refractivity contribution in [3.8, 4) is 5.75 Å². The summed E-state index contributed by atoms with van der Waals surface area (Å²) in [7, 11) is -2.25. The van der Waals surface area contributed by atoms with Gasteiger partial charge in [-0.25, -0.2) is 18.4 Å². The van der Waals surface area contributed by atoms with Gasteiger partial charge >= 0.3 is 0 Å². The standard InChI is InChI=1S/C24H19ClN4O3S/c1-32-18-10-6-16(7-11-18)15-29-23(28-33(30,31)19-12-8-17(25)9-13-19)14-22-24(29)27-21-5-3-2-4-20(21)26-22/h2-14,28H,15H2,1H3. The lowest BCUT2D eigenvalue weighted by Gasteiger charge is -2.13. The lowest BCUT2D eigenvalue weighted by molar-refractivity contribution is 0.414. The monoisotopic (exact) mass is 478 g/mol. The van der Waals surface area contributed by atoms with Crippen LogP contribution in [0.25, 0.3) is 22.2 Å². The number of aromatic nitrogens is 3. The van der Waals surface area contributed by atoms with Gasteiger partial charge in [-0.1, -0.05) is 35.9 Å². The first-order valence-electron chi connectivity index (χ1n) is 10.1. The number of nitrogens with zero attached hydrogens (tertiary/aromatic N) is 3. The molecule has 0 aliphatic carbocycles. The number of halogens is 1. The summed E-state index contributed by atoms with van der Waals surface area (Å²) in [5.41, 5.74) is 3.59. The summed E-state index contributed by atoms with van der Waals surface area (Å²) in [6.07, 6.45) is 0. The van der Waals surface area contributed by atoms with Crippen LogP contribution in [-0.4, -0.2) is 30.1 Å². The molecule has 33 heavy (non-hydrogen) atoms. The summed E-state index contributed by atoms with van der Waals surface area (Å²) in [6.45, 7) is 0.388. The largest absolute Gasteiger partial charge is 0.497 e. The first-order chi connectivity index (χ1) is 15.9. The van der Waals surface area contributed by atoms with E-state index < -0.39 is 10.0 Å². The number of benzene rings is 3. The van der Waals surface area contributed by atoms with E-state index >= 15 is 0 Å². The lowest BCUT2D eigenvalue weighted by Crippen LogP contribution is -2.16. The Hall–Kier alpha value is -3.62. The number of para-hydroxylation sites is 2. The normalized spacial score (nSPS) is 11.7. The molecule has 166 valence electrons. The van der Waals surface area contributed by atoms with Gasteiger partial charge in [0.1, 0.15) is 17.1 Å².